The summed E-state index contributed by atoms with van der Waals surface area (Å²) in [5, 5.41) is 23.7. The smallest absolute Gasteiger partial charge is 0.228 e. The molecule has 7 nitrogen and oxygen atoms in total. The molecule has 1 aromatic heterocycles. The Bertz CT molecular complexity index is 363. The van der Waals surface area contributed by atoms with Crippen molar-refractivity contribution in [2.24, 2.45) is 0 Å². The molecule has 0 amide bonds. The van der Waals surface area contributed by atoms with Crippen LogP contribution in [-0.4, -0.2) is 51.5 Å². The molecule has 21 heavy (non-hydrogen) atoms. The molecule has 8 heteroatoms. The van der Waals surface area contributed by atoms with Crippen LogP contribution in [0.25, 0.3) is 0 Å². The van der Waals surface area contributed by atoms with E-state index in [0.29, 0.717) is 11.9 Å². The van der Waals surface area contributed by atoms with E-state index in [9.17, 15) is 0 Å². The molecular formula is C13H24ClN5O2. The Labute approximate surface area is 130 Å². The summed E-state index contributed by atoms with van der Waals surface area (Å²) in [5.41, 5.74) is 0. The molecule has 0 radical (unpaired) electrons. The van der Waals surface area contributed by atoms with E-state index in [0.717, 1.165) is 51.6 Å². The zero-order valence-electron chi connectivity index (χ0n) is 12.2. The van der Waals surface area contributed by atoms with Crippen molar-refractivity contribution >= 4 is 23.5 Å². The number of nitrogens with zero attached hydrogens (tertiary/aromatic N) is 3. The van der Waals surface area contributed by atoms with Crippen LogP contribution in [0.15, 0.2) is 0 Å². The molecule has 1 heterocycles. The van der Waals surface area contributed by atoms with Crippen molar-refractivity contribution in [2.45, 2.75) is 38.5 Å². The van der Waals surface area contributed by atoms with Crippen LogP contribution >= 0.6 is 11.6 Å². The van der Waals surface area contributed by atoms with Crippen LogP contribution in [0.2, 0.25) is 5.28 Å². The first-order chi connectivity index (χ1) is 10.3. The van der Waals surface area contributed by atoms with Gasteiger partial charge in [0.15, 0.2) is 0 Å². The zero-order chi connectivity index (χ0) is 15.3. The Morgan fingerprint density at radius 1 is 0.714 bits per heavy atom. The Kier molecular flexibility index (Phi) is 9.77. The third-order valence-electron chi connectivity index (χ3n) is 2.84. The molecule has 0 saturated carbocycles. The van der Waals surface area contributed by atoms with Gasteiger partial charge < -0.3 is 20.8 Å². The van der Waals surface area contributed by atoms with Crippen molar-refractivity contribution < 1.29 is 10.2 Å². The zero-order valence-corrected chi connectivity index (χ0v) is 12.9. The number of halogens is 1. The lowest BCUT2D eigenvalue weighted by Crippen LogP contribution is -2.11. The second-order valence-electron chi connectivity index (χ2n) is 4.67. The van der Waals surface area contributed by atoms with Crippen molar-refractivity contribution in [3.05, 3.63) is 5.28 Å². The fraction of sp³-hybridized carbons (Fsp3) is 0.769. The lowest BCUT2D eigenvalue weighted by molar-refractivity contribution is 0.283. The predicted octanol–water partition coefficient (Wildman–Crippen LogP) is 1.67. The highest BCUT2D eigenvalue weighted by atomic mass is 35.5. The first-order valence-corrected chi connectivity index (χ1v) is 7.75. The first kappa shape index (κ1) is 17.9. The van der Waals surface area contributed by atoms with Crippen molar-refractivity contribution in [1.29, 1.82) is 0 Å². The van der Waals surface area contributed by atoms with E-state index in [-0.39, 0.29) is 18.5 Å². The van der Waals surface area contributed by atoms with Gasteiger partial charge in [0.1, 0.15) is 0 Å². The van der Waals surface area contributed by atoms with Crippen molar-refractivity contribution in [2.75, 3.05) is 36.9 Å². The summed E-state index contributed by atoms with van der Waals surface area (Å²) >= 11 is 5.87. The molecule has 0 aliphatic rings. The topological polar surface area (TPSA) is 103 Å². The van der Waals surface area contributed by atoms with Crippen LogP contribution in [0.3, 0.4) is 0 Å². The van der Waals surface area contributed by atoms with Gasteiger partial charge in [0, 0.05) is 26.3 Å². The maximum atomic E-state index is 8.70. The number of hydrogen-bond acceptors (Lipinski definition) is 7. The van der Waals surface area contributed by atoms with Crippen LogP contribution < -0.4 is 10.6 Å². The third-order valence-corrected chi connectivity index (χ3v) is 3.01. The van der Waals surface area contributed by atoms with Crippen LogP contribution in [0.1, 0.15) is 38.5 Å². The van der Waals surface area contributed by atoms with Gasteiger partial charge in [-0.3, -0.25) is 0 Å². The third kappa shape index (κ3) is 8.64. The van der Waals surface area contributed by atoms with E-state index < -0.39 is 0 Å². The number of unbranched alkanes of at least 4 members (excludes halogenated alkanes) is 4. The first-order valence-electron chi connectivity index (χ1n) is 7.37. The minimum Gasteiger partial charge on any atom is -0.396 e. The summed E-state index contributed by atoms with van der Waals surface area (Å²) < 4.78 is 0. The Balaban J connectivity index is 2.32. The van der Waals surface area contributed by atoms with Crippen LogP contribution in [0.4, 0.5) is 11.9 Å². The van der Waals surface area contributed by atoms with Gasteiger partial charge in [-0.05, 0) is 50.1 Å². The van der Waals surface area contributed by atoms with E-state index in [1.165, 1.54) is 0 Å². The van der Waals surface area contributed by atoms with E-state index >= 15 is 0 Å². The van der Waals surface area contributed by atoms with E-state index in [1.54, 1.807) is 0 Å². The van der Waals surface area contributed by atoms with Gasteiger partial charge in [-0.25, -0.2) is 0 Å². The monoisotopic (exact) mass is 317 g/mol. The number of aliphatic hydroxyl groups excluding tert-OH is 2. The second-order valence-corrected chi connectivity index (χ2v) is 5.01. The van der Waals surface area contributed by atoms with Gasteiger partial charge in [0.05, 0.1) is 0 Å². The van der Waals surface area contributed by atoms with Gasteiger partial charge in [0.2, 0.25) is 17.2 Å². The quantitative estimate of drug-likeness (QED) is 0.435. The van der Waals surface area contributed by atoms with E-state index in [2.05, 4.69) is 25.6 Å². The Hall–Kier alpha value is -1.18. The highest BCUT2D eigenvalue weighted by Gasteiger charge is 2.04. The minimum absolute atomic E-state index is 0.153. The molecule has 4 N–H and O–H groups in total. The summed E-state index contributed by atoms with van der Waals surface area (Å²) in [5.74, 6) is 0.911. The number of aliphatic hydroxyl groups is 2. The largest absolute Gasteiger partial charge is 0.396 e. The molecule has 0 spiro atoms. The highest BCUT2D eigenvalue weighted by molar-refractivity contribution is 6.28. The van der Waals surface area contributed by atoms with Gasteiger partial charge >= 0.3 is 0 Å². The van der Waals surface area contributed by atoms with Crippen LogP contribution in [-0.2, 0) is 0 Å². The Morgan fingerprint density at radius 3 is 1.62 bits per heavy atom. The number of aromatic nitrogens is 3. The van der Waals surface area contributed by atoms with Gasteiger partial charge in [-0.15, -0.1) is 0 Å². The highest BCUT2D eigenvalue weighted by Crippen LogP contribution is 2.10. The minimum atomic E-state index is 0.153. The summed E-state index contributed by atoms with van der Waals surface area (Å²) in [6, 6.07) is 0. The normalized spacial score (nSPS) is 10.6. The van der Waals surface area contributed by atoms with E-state index in [1.807, 2.05) is 0 Å². The summed E-state index contributed by atoms with van der Waals surface area (Å²) in [4.78, 5) is 12.3. The van der Waals surface area contributed by atoms with Crippen molar-refractivity contribution in [1.82, 2.24) is 15.0 Å². The molecule has 0 unspecified atom stereocenters. The molecule has 0 aliphatic heterocycles. The molecule has 0 atom stereocenters. The van der Waals surface area contributed by atoms with Gasteiger partial charge in [0.25, 0.3) is 0 Å². The number of rotatable bonds is 12. The molecule has 0 aliphatic carbocycles. The van der Waals surface area contributed by atoms with Crippen LogP contribution in [0.5, 0.6) is 0 Å². The summed E-state index contributed by atoms with van der Waals surface area (Å²) in [7, 11) is 0. The second kappa shape index (κ2) is 11.5. The SMILES string of the molecule is OCCCCCNc1nc(Cl)nc(NCCCCCO)n1. The lowest BCUT2D eigenvalue weighted by Gasteiger charge is -2.08. The summed E-state index contributed by atoms with van der Waals surface area (Å²) in [6.07, 6.45) is 5.40. The summed E-state index contributed by atoms with van der Waals surface area (Å²) in [6.45, 7) is 1.91. The molecule has 0 aromatic carbocycles. The number of anilines is 2. The molecule has 1 aromatic rings. The number of nitrogens with one attached hydrogen (secondary N) is 2. The molecule has 0 saturated heterocycles. The molecule has 0 bridgehead atoms. The average molecular weight is 318 g/mol. The predicted molar refractivity (Wildman–Crippen MR) is 83.7 cm³/mol. The fourth-order valence-electron chi connectivity index (χ4n) is 1.74. The molecule has 120 valence electrons. The maximum Gasteiger partial charge on any atom is 0.228 e. The van der Waals surface area contributed by atoms with Crippen molar-refractivity contribution in [3.8, 4) is 0 Å². The van der Waals surface area contributed by atoms with Crippen molar-refractivity contribution in [3.63, 3.8) is 0 Å². The number of hydrogen-bond donors (Lipinski definition) is 4. The van der Waals surface area contributed by atoms with E-state index in [4.69, 9.17) is 21.8 Å². The van der Waals surface area contributed by atoms with Crippen LogP contribution in [0, 0.1) is 0 Å². The van der Waals surface area contributed by atoms with Gasteiger partial charge in [-0.2, -0.15) is 15.0 Å². The lowest BCUT2D eigenvalue weighted by atomic mass is 10.2. The molecule has 1 rings (SSSR count). The maximum absolute atomic E-state index is 8.70. The molecule has 0 fully saturated rings. The van der Waals surface area contributed by atoms with Gasteiger partial charge in [-0.1, -0.05) is 0 Å². The molecular weight excluding hydrogens is 294 g/mol. The average Bonchev–Trinajstić information content (AvgIpc) is 2.46. The fourth-order valence-corrected chi connectivity index (χ4v) is 1.90. The standard InChI is InChI=1S/C13H24ClN5O2/c14-11-17-12(15-7-3-1-5-9-20)19-13(18-11)16-8-4-2-6-10-21/h20-21H,1-10H2,(H2,15,16,17,18,19). The Morgan fingerprint density at radius 2 is 1.19 bits per heavy atom.